The molecule has 2 aromatic rings. The average Bonchev–Trinajstić information content (AvgIpc) is 2.27. The maximum absolute atomic E-state index is 9.11. The second-order valence-corrected chi connectivity index (χ2v) is 3.51. The summed E-state index contributed by atoms with van der Waals surface area (Å²) in [6, 6.07) is 9.77. The molecule has 0 fully saturated rings. The van der Waals surface area contributed by atoms with Crippen molar-refractivity contribution in [2.24, 2.45) is 0 Å². The number of pyridine rings is 1. The number of fused-ring (bicyclic) bond motifs is 1. The molecule has 72 valence electrons. The lowest BCUT2D eigenvalue weighted by molar-refractivity contribution is 1.34. The smallest absolute Gasteiger partial charge is 0.112 e. The van der Waals surface area contributed by atoms with E-state index in [-0.39, 0.29) is 0 Å². The Morgan fingerprint density at radius 3 is 2.80 bits per heavy atom. The van der Waals surface area contributed by atoms with Crippen LogP contribution in [0.1, 0.15) is 11.1 Å². The van der Waals surface area contributed by atoms with E-state index in [0.717, 1.165) is 10.9 Å². The Morgan fingerprint density at radius 2 is 2.13 bits per heavy atom. The Bertz CT molecular complexity index is 632. The zero-order valence-electron chi connectivity index (χ0n) is 7.95. The van der Waals surface area contributed by atoms with Crippen molar-refractivity contribution in [1.29, 1.82) is 5.26 Å². The van der Waals surface area contributed by atoms with Crippen LogP contribution in [-0.4, -0.2) is 4.98 Å². The summed E-state index contributed by atoms with van der Waals surface area (Å²) in [5, 5.41) is 9.99. The number of nitrogens with one attached hydrogen (secondary N) is 1. The quantitative estimate of drug-likeness (QED) is 0.736. The van der Waals surface area contributed by atoms with Crippen LogP contribution in [0.4, 0.5) is 0 Å². The van der Waals surface area contributed by atoms with Crippen molar-refractivity contribution < 1.29 is 0 Å². The van der Waals surface area contributed by atoms with E-state index in [2.05, 4.69) is 17.6 Å². The van der Waals surface area contributed by atoms with Crippen LogP contribution in [0.15, 0.2) is 30.8 Å². The first-order valence-electron chi connectivity index (χ1n) is 4.45. The third-order valence-corrected chi connectivity index (χ3v) is 2.60. The molecular weight excluding hydrogens is 204 g/mol. The largest absolute Gasteiger partial charge is 0.346 e. The van der Waals surface area contributed by atoms with Crippen LogP contribution in [0.25, 0.3) is 17.0 Å². The minimum absolute atomic E-state index is 0.556. The molecule has 0 aliphatic heterocycles. The predicted molar refractivity (Wildman–Crippen MR) is 63.9 cm³/mol. The van der Waals surface area contributed by atoms with E-state index in [1.165, 1.54) is 0 Å². The molecule has 2 nitrogen and oxygen atoms in total. The topological polar surface area (TPSA) is 39.6 Å². The van der Waals surface area contributed by atoms with Gasteiger partial charge < -0.3 is 4.98 Å². The second-order valence-electron chi connectivity index (χ2n) is 3.10. The van der Waals surface area contributed by atoms with E-state index in [9.17, 15) is 0 Å². The zero-order valence-corrected chi connectivity index (χ0v) is 8.77. The SMILES string of the molecule is C=Cc1c(C#N)c2ccccc2[nH]c1=S. The fourth-order valence-electron chi connectivity index (χ4n) is 1.57. The highest BCUT2D eigenvalue weighted by molar-refractivity contribution is 7.71. The first-order chi connectivity index (χ1) is 7.27. The van der Waals surface area contributed by atoms with Gasteiger partial charge in [0, 0.05) is 16.5 Å². The molecule has 1 aromatic heterocycles. The van der Waals surface area contributed by atoms with Crippen LogP contribution in [0.5, 0.6) is 0 Å². The van der Waals surface area contributed by atoms with Gasteiger partial charge in [0.05, 0.1) is 5.56 Å². The Hall–Kier alpha value is -1.92. The Balaban J connectivity index is 3.06. The average molecular weight is 212 g/mol. The van der Waals surface area contributed by atoms with Gasteiger partial charge in [0.1, 0.15) is 10.7 Å². The summed E-state index contributed by atoms with van der Waals surface area (Å²) in [6.07, 6.45) is 1.61. The van der Waals surface area contributed by atoms with Crippen molar-refractivity contribution in [3.05, 3.63) is 46.6 Å². The molecule has 0 aliphatic rings. The molecule has 0 spiro atoms. The van der Waals surface area contributed by atoms with Crippen LogP contribution in [0, 0.1) is 16.0 Å². The van der Waals surface area contributed by atoms with Gasteiger partial charge in [-0.25, -0.2) is 0 Å². The summed E-state index contributed by atoms with van der Waals surface area (Å²) in [4.78, 5) is 3.08. The van der Waals surface area contributed by atoms with Crippen molar-refractivity contribution in [3.8, 4) is 6.07 Å². The third-order valence-electron chi connectivity index (χ3n) is 2.27. The van der Waals surface area contributed by atoms with Gasteiger partial charge in [0.15, 0.2) is 0 Å². The van der Waals surface area contributed by atoms with E-state index in [1.807, 2.05) is 24.3 Å². The number of hydrogen-bond donors (Lipinski definition) is 1. The van der Waals surface area contributed by atoms with Crippen molar-refractivity contribution in [2.45, 2.75) is 0 Å². The number of aromatic amines is 1. The molecule has 0 atom stereocenters. The van der Waals surface area contributed by atoms with Crippen LogP contribution < -0.4 is 0 Å². The molecule has 2 rings (SSSR count). The molecule has 15 heavy (non-hydrogen) atoms. The second kappa shape index (κ2) is 3.68. The highest BCUT2D eigenvalue weighted by Gasteiger charge is 2.06. The maximum atomic E-state index is 9.11. The standard InChI is InChI=1S/C12H8N2S/c1-2-8-10(7-13)9-5-3-4-6-11(9)14-12(8)15/h2-6H,1H2,(H,14,15). The number of benzene rings is 1. The van der Waals surface area contributed by atoms with E-state index >= 15 is 0 Å². The van der Waals surface area contributed by atoms with Crippen LogP contribution >= 0.6 is 12.2 Å². The van der Waals surface area contributed by atoms with Gasteiger partial charge in [-0.2, -0.15) is 5.26 Å². The molecule has 1 heterocycles. The van der Waals surface area contributed by atoms with Gasteiger partial charge in [-0.15, -0.1) is 0 Å². The summed E-state index contributed by atoms with van der Waals surface area (Å²) in [5.74, 6) is 0. The summed E-state index contributed by atoms with van der Waals surface area (Å²) in [7, 11) is 0. The number of hydrogen-bond acceptors (Lipinski definition) is 2. The van der Waals surface area contributed by atoms with Gasteiger partial charge >= 0.3 is 0 Å². The molecule has 0 bridgehead atoms. The molecule has 0 radical (unpaired) electrons. The molecule has 0 aliphatic carbocycles. The molecule has 0 saturated carbocycles. The van der Waals surface area contributed by atoms with E-state index in [1.54, 1.807) is 6.08 Å². The summed E-state index contributed by atoms with van der Waals surface area (Å²) in [6.45, 7) is 3.67. The van der Waals surface area contributed by atoms with Crippen LogP contribution in [-0.2, 0) is 0 Å². The number of nitrogens with zero attached hydrogens (tertiary/aromatic N) is 1. The van der Waals surface area contributed by atoms with E-state index in [4.69, 9.17) is 17.5 Å². The van der Waals surface area contributed by atoms with Gasteiger partial charge in [0.25, 0.3) is 0 Å². The summed E-state index contributed by atoms with van der Waals surface area (Å²) >= 11 is 5.15. The Morgan fingerprint density at radius 1 is 1.40 bits per heavy atom. The number of nitriles is 1. The number of rotatable bonds is 1. The lowest BCUT2D eigenvalue weighted by atomic mass is 10.1. The fraction of sp³-hybridized carbons (Fsp3) is 0. The zero-order chi connectivity index (χ0) is 10.8. The lowest BCUT2D eigenvalue weighted by Crippen LogP contribution is -1.90. The van der Waals surface area contributed by atoms with Gasteiger partial charge in [-0.1, -0.05) is 43.1 Å². The molecule has 1 aromatic carbocycles. The summed E-state index contributed by atoms with van der Waals surface area (Å²) in [5.41, 5.74) is 2.17. The highest BCUT2D eigenvalue weighted by Crippen LogP contribution is 2.21. The maximum Gasteiger partial charge on any atom is 0.112 e. The molecule has 0 unspecified atom stereocenters. The fourth-order valence-corrected chi connectivity index (χ4v) is 1.87. The van der Waals surface area contributed by atoms with Gasteiger partial charge in [0.2, 0.25) is 0 Å². The normalized spacial score (nSPS) is 9.80. The third kappa shape index (κ3) is 1.45. The number of H-pyrrole nitrogens is 1. The lowest BCUT2D eigenvalue weighted by Gasteiger charge is -2.04. The van der Waals surface area contributed by atoms with Crippen LogP contribution in [0.2, 0.25) is 0 Å². The molecule has 0 amide bonds. The molecule has 3 heteroatoms. The molecule has 0 saturated heterocycles. The highest BCUT2D eigenvalue weighted by atomic mass is 32.1. The van der Waals surface area contributed by atoms with Crippen LogP contribution in [0.3, 0.4) is 0 Å². The van der Waals surface area contributed by atoms with Gasteiger partial charge in [-0.3, -0.25) is 0 Å². The monoisotopic (exact) mass is 212 g/mol. The predicted octanol–water partition coefficient (Wildman–Crippen LogP) is 3.41. The minimum Gasteiger partial charge on any atom is -0.346 e. The van der Waals surface area contributed by atoms with E-state index in [0.29, 0.717) is 15.8 Å². The number of para-hydroxylation sites is 1. The number of aromatic nitrogens is 1. The Kier molecular flexibility index (Phi) is 2.36. The first-order valence-corrected chi connectivity index (χ1v) is 4.86. The molecular formula is C12H8N2S. The van der Waals surface area contributed by atoms with Crippen molar-refractivity contribution >= 4 is 29.2 Å². The molecule has 1 N–H and O–H groups in total. The summed E-state index contributed by atoms with van der Waals surface area (Å²) < 4.78 is 0.556. The van der Waals surface area contributed by atoms with Crippen molar-refractivity contribution in [1.82, 2.24) is 4.98 Å². The minimum atomic E-state index is 0.556. The van der Waals surface area contributed by atoms with Crippen molar-refractivity contribution in [2.75, 3.05) is 0 Å². The first kappa shape index (κ1) is 9.63. The van der Waals surface area contributed by atoms with Crippen molar-refractivity contribution in [3.63, 3.8) is 0 Å². The van der Waals surface area contributed by atoms with E-state index < -0.39 is 0 Å². The Labute approximate surface area is 92.5 Å². The van der Waals surface area contributed by atoms with Gasteiger partial charge in [-0.05, 0) is 6.07 Å².